The molecule has 6 nitrogen and oxygen atoms in total. The molecule has 1 saturated carbocycles. The predicted octanol–water partition coefficient (Wildman–Crippen LogP) is 7.04. The molecule has 2 aliphatic rings. The number of aromatic amines is 1. The highest BCUT2D eigenvalue weighted by Crippen LogP contribution is 2.34. The van der Waals surface area contributed by atoms with Crippen molar-refractivity contribution in [2.75, 3.05) is 0 Å². The van der Waals surface area contributed by atoms with E-state index >= 15 is 0 Å². The number of hydrogen-bond donors (Lipinski definition) is 1. The molecule has 2 unspecified atom stereocenters. The molecule has 37 heavy (non-hydrogen) atoms. The number of nitrogens with zero attached hydrogens (tertiary/aromatic N) is 3. The number of imidazole rings is 1. The van der Waals surface area contributed by atoms with Gasteiger partial charge in [0.05, 0.1) is 5.69 Å². The number of rotatable bonds is 7. The smallest absolute Gasteiger partial charge is 0.326 e. The summed E-state index contributed by atoms with van der Waals surface area (Å²) in [6.07, 6.45) is 17.5. The quantitative estimate of drug-likeness (QED) is 0.355. The third-order valence-electron chi connectivity index (χ3n) is 8.12. The molecular weight excluding hydrogens is 460 g/mol. The summed E-state index contributed by atoms with van der Waals surface area (Å²) in [4.78, 5) is 24.9. The van der Waals surface area contributed by atoms with E-state index in [0.717, 1.165) is 74.2 Å². The largest absolute Gasteiger partial charge is 0.439 e. The maximum atomic E-state index is 12.9. The lowest BCUT2D eigenvalue weighted by molar-refractivity contribution is 0.399. The van der Waals surface area contributed by atoms with Gasteiger partial charge in [0.25, 0.3) is 0 Å². The molecule has 0 saturated heterocycles. The van der Waals surface area contributed by atoms with Crippen LogP contribution in [0.15, 0.2) is 53.1 Å². The van der Waals surface area contributed by atoms with E-state index in [0.29, 0.717) is 11.8 Å². The highest BCUT2D eigenvalue weighted by molar-refractivity contribution is 5.54. The standard InChI is InChI=1S/C31H38N4O2/c1-4-23-7-6-10-29-28(18-23)34-31(36)35(29)26-9-5-8-24(13-15-26)12-14-25-19-30(33-20-32-25)37-27-16-11-21(2)22(3)17-27/h6-7,10-11,16-17,19-20,24,26H,4-5,8-9,12-15,18H2,1-3H3,(H,34,36). The second-order valence-electron chi connectivity index (χ2n) is 10.6. The second kappa shape index (κ2) is 11.3. The highest BCUT2D eigenvalue weighted by atomic mass is 16.5. The fourth-order valence-corrected chi connectivity index (χ4v) is 5.72. The lowest BCUT2D eigenvalue weighted by Gasteiger charge is -2.18. The molecule has 6 heteroatoms. The van der Waals surface area contributed by atoms with Crippen molar-refractivity contribution in [1.29, 1.82) is 0 Å². The lowest BCUT2D eigenvalue weighted by Crippen LogP contribution is -2.23. The summed E-state index contributed by atoms with van der Waals surface area (Å²) < 4.78 is 8.05. The Morgan fingerprint density at radius 3 is 2.81 bits per heavy atom. The molecule has 0 radical (unpaired) electrons. The van der Waals surface area contributed by atoms with Crippen LogP contribution in [0.25, 0.3) is 6.08 Å². The fourth-order valence-electron chi connectivity index (χ4n) is 5.72. The van der Waals surface area contributed by atoms with Gasteiger partial charge in [0.15, 0.2) is 0 Å². The Morgan fingerprint density at radius 1 is 1.08 bits per heavy atom. The molecule has 2 atom stereocenters. The van der Waals surface area contributed by atoms with Gasteiger partial charge in [0.1, 0.15) is 12.1 Å². The zero-order chi connectivity index (χ0) is 25.8. The average molecular weight is 499 g/mol. The first-order valence-electron chi connectivity index (χ1n) is 13.8. The third kappa shape index (κ3) is 5.95. The molecule has 3 aromatic rings. The van der Waals surface area contributed by atoms with Gasteiger partial charge in [-0.2, -0.15) is 0 Å². The van der Waals surface area contributed by atoms with Crippen LogP contribution >= 0.6 is 0 Å². The fraction of sp³-hybridized carbons (Fsp3) is 0.452. The Kier molecular flexibility index (Phi) is 7.73. The minimum absolute atomic E-state index is 0.0488. The normalized spacial score (nSPS) is 19.6. The SMILES string of the molecule is CCC1=CC=Cc2c([nH]c(=O)n2C2CCCC(CCc3cc(Oc4ccc(C)c(C)c4)ncn3)CC2)C1. The van der Waals surface area contributed by atoms with Gasteiger partial charge in [-0.05, 0) is 87.6 Å². The van der Waals surface area contributed by atoms with Crippen molar-refractivity contribution in [3.05, 3.63) is 87.0 Å². The van der Waals surface area contributed by atoms with Crippen molar-refractivity contribution >= 4 is 6.08 Å². The van der Waals surface area contributed by atoms with Crippen LogP contribution in [-0.2, 0) is 12.8 Å². The molecule has 1 N–H and O–H groups in total. The van der Waals surface area contributed by atoms with E-state index in [2.05, 4.69) is 60.0 Å². The Labute approximate surface area is 219 Å². The summed E-state index contributed by atoms with van der Waals surface area (Å²) in [5, 5.41) is 0. The van der Waals surface area contributed by atoms with Crippen molar-refractivity contribution < 1.29 is 4.74 Å². The molecule has 1 fully saturated rings. The number of H-pyrrole nitrogens is 1. The maximum Gasteiger partial charge on any atom is 0.326 e. The minimum Gasteiger partial charge on any atom is -0.439 e. The molecule has 1 aromatic carbocycles. The Hall–Kier alpha value is -3.41. The highest BCUT2D eigenvalue weighted by Gasteiger charge is 2.25. The van der Waals surface area contributed by atoms with E-state index in [-0.39, 0.29) is 11.7 Å². The van der Waals surface area contributed by atoms with Gasteiger partial charge in [-0.25, -0.2) is 14.8 Å². The topological polar surface area (TPSA) is 72.8 Å². The number of ether oxygens (including phenoxy) is 1. The van der Waals surface area contributed by atoms with Crippen molar-refractivity contribution in [2.24, 2.45) is 5.92 Å². The Balaban J connectivity index is 1.19. The van der Waals surface area contributed by atoms with E-state index in [1.165, 1.54) is 23.1 Å². The molecule has 194 valence electrons. The summed E-state index contributed by atoms with van der Waals surface area (Å²) in [5.41, 5.74) is 7.02. The summed E-state index contributed by atoms with van der Waals surface area (Å²) in [5.74, 6) is 2.04. The van der Waals surface area contributed by atoms with Crippen LogP contribution in [0, 0.1) is 19.8 Å². The summed E-state index contributed by atoms with van der Waals surface area (Å²) >= 11 is 0. The van der Waals surface area contributed by atoms with E-state index in [9.17, 15) is 4.79 Å². The molecule has 0 aliphatic heterocycles. The van der Waals surface area contributed by atoms with E-state index < -0.39 is 0 Å². The zero-order valence-corrected chi connectivity index (χ0v) is 22.3. The molecule has 0 spiro atoms. The van der Waals surface area contributed by atoms with E-state index in [4.69, 9.17) is 4.74 Å². The predicted molar refractivity (Wildman–Crippen MR) is 148 cm³/mol. The molecule has 2 aliphatic carbocycles. The minimum atomic E-state index is 0.0488. The van der Waals surface area contributed by atoms with Crippen LogP contribution < -0.4 is 10.4 Å². The van der Waals surface area contributed by atoms with Crippen LogP contribution in [0.2, 0.25) is 0 Å². The number of aryl methyl sites for hydroxylation is 3. The average Bonchev–Trinajstić information content (AvgIpc) is 3.06. The Morgan fingerprint density at radius 2 is 1.97 bits per heavy atom. The first-order valence-corrected chi connectivity index (χ1v) is 13.8. The van der Waals surface area contributed by atoms with Gasteiger partial charge in [0, 0.05) is 29.9 Å². The number of nitrogens with one attached hydrogen (secondary N) is 1. The van der Waals surface area contributed by atoms with Crippen LogP contribution in [0.5, 0.6) is 11.6 Å². The molecule has 0 amide bonds. The second-order valence-corrected chi connectivity index (χ2v) is 10.6. The number of benzene rings is 1. The molecule has 2 heterocycles. The zero-order valence-electron chi connectivity index (χ0n) is 22.3. The maximum absolute atomic E-state index is 12.9. The van der Waals surface area contributed by atoms with Crippen molar-refractivity contribution in [1.82, 2.24) is 19.5 Å². The number of fused-ring (bicyclic) bond motifs is 1. The van der Waals surface area contributed by atoms with Gasteiger partial charge in [-0.3, -0.25) is 4.57 Å². The van der Waals surface area contributed by atoms with Gasteiger partial charge in [-0.15, -0.1) is 0 Å². The van der Waals surface area contributed by atoms with Crippen LogP contribution in [-0.4, -0.2) is 19.5 Å². The lowest BCUT2D eigenvalue weighted by atomic mass is 9.94. The Bertz CT molecular complexity index is 1360. The first kappa shape index (κ1) is 25.2. The van der Waals surface area contributed by atoms with Crippen LogP contribution in [0.3, 0.4) is 0 Å². The number of allylic oxidation sites excluding steroid dienone is 3. The molecule has 0 bridgehead atoms. The van der Waals surface area contributed by atoms with Gasteiger partial charge < -0.3 is 9.72 Å². The summed E-state index contributed by atoms with van der Waals surface area (Å²) in [6.45, 7) is 6.36. The van der Waals surface area contributed by atoms with Gasteiger partial charge >= 0.3 is 5.69 Å². The molecule has 2 aromatic heterocycles. The van der Waals surface area contributed by atoms with Crippen LogP contribution in [0.1, 0.15) is 86.1 Å². The van der Waals surface area contributed by atoms with Gasteiger partial charge in [-0.1, -0.05) is 43.6 Å². The van der Waals surface area contributed by atoms with Crippen molar-refractivity contribution in [3.8, 4) is 11.6 Å². The number of hydrogen-bond acceptors (Lipinski definition) is 4. The van der Waals surface area contributed by atoms with E-state index in [1.807, 2.05) is 22.8 Å². The van der Waals surface area contributed by atoms with Crippen LogP contribution in [0.4, 0.5) is 0 Å². The van der Waals surface area contributed by atoms with Gasteiger partial charge in [0.2, 0.25) is 5.88 Å². The number of aromatic nitrogens is 4. The van der Waals surface area contributed by atoms with E-state index in [1.54, 1.807) is 6.33 Å². The summed E-state index contributed by atoms with van der Waals surface area (Å²) in [6, 6.07) is 8.33. The van der Waals surface area contributed by atoms with Crippen molar-refractivity contribution in [2.45, 2.75) is 84.6 Å². The first-order chi connectivity index (χ1) is 18.0. The summed E-state index contributed by atoms with van der Waals surface area (Å²) in [7, 11) is 0. The third-order valence-corrected chi connectivity index (χ3v) is 8.12. The monoisotopic (exact) mass is 498 g/mol. The molecular formula is C31H38N4O2. The molecule has 5 rings (SSSR count). The van der Waals surface area contributed by atoms with Crippen molar-refractivity contribution in [3.63, 3.8) is 0 Å².